The van der Waals surface area contributed by atoms with Crippen LogP contribution in [-0.4, -0.2) is 25.5 Å². The minimum absolute atomic E-state index is 0.141. The molecule has 0 aliphatic rings. The predicted octanol–water partition coefficient (Wildman–Crippen LogP) is 0.997. The van der Waals surface area contributed by atoms with Crippen LogP contribution < -0.4 is 16.8 Å². The summed E-state index contributed by atoms with van der Waals surface area (Å²) in [5.74, 6) is 0.141. The Morgan fingerprint density at radius 1 is 1.12 bits per heavy atom. The van der Waals surface area contributed by atoms with Gasteiger partial charge in [-0.2, -0.15) is 0 Å². The van der Waals surface area contributed by atoms with Crippen molar-refractivity contribution >= 4 is 5.91 Å². The number of nitrogens with two attached hydrogens (primary N) is 2. The number of rotatable bonds is 9. The minimum atomic E-state index is 0.141. The standard InChI is InChI=1S/C12H27N3O/c1-12(2,7-9-14)6-5-11(16)15-10-4-3-8-13/h3-10,13-14H2,1-2H3,(H,15,16). The molecule has 0 rings (SSSR count). The summed E-state index contributed by atoms with van der Waals surface area (Å²) in [6, 6.07) is 0. The van der Waals surface area contributed by atoms with Crippen molar-refractivity contribution in [1.29, 1.82) is 0 Å². The molecule has 0 unspecified atom stereocenters. The van der Waals surface area contributed by atoms with Gasteiger partial charge in [-0.25, -0.2) is 0 Å². The molecule has 0 bridgehead atoms. The number of unbranched alkanes of at least 4 members (excludes halogenated alkanes) is 1. The first-order chi connectivity index (χ1) is 7.52. The molecule has 4 nitrogen and oxygen atoms in total. The van der Waals surface area contributed by atoms with Crippen molar-refractivity contribution in [2.75, 3.05) is 19.6 Å². The molecule has 0 fully saturated rings. The molecule has 0 aliphatic heterocycles. The first kappa shape index (κ1) is 15.4. The lowest BCUT2D eigenvalue weighted by molar-refractivity contribution is -0.121. The van der Waals surface area contributed by atoms with Crippen LogP contribution in [0.3, 0.4) is 0 Å². The van der Waals surface area contributed by atoms with E-state index in [1.165, 1.54) is 0 Å². The molecule has 0 saturated carbocycles. The third-order valence-electron chi connectivity index (χ3n) is 2.80. The highest BCUT2D eigenvalue weighted by atomic mass is 16.1. The summed E-state index contributed by atoms with van der Waals surface area (Å²) in [4.78, 5) is 11.5. The lowest BCUT2D eigenvalue weighted by Gasteiger charge is -2.23. The molecule has 0 aliphatic carbocycles. The van der Waals surface area contributed by atoms with Crippen LogP contribution in [0, 0.1) is 5.41 Å². The van der Waals surface area contributed by atoms with Crippen molar-refractivity contribution in [3.05, 3.63) is 0 Å². The van der Waals surface area contributed by atoms with Crippen molar-refractivity contribution in [3.8, 4) is 0 Å². The lowest BCUT2D eigenvalue weighted by atomic mass is 9.84. The van der Waals surface area contributed by atoms with Crippen LogP contribution in [0.2, 0.25) is 0 Å². The van der Waals surface area contributed by atoms with E-state index in [1.807, 2.05) is 0 Å². The van der Waals surface area contributed by atoms with E-state index in [0.717, 1.165) is 32.2 Å². The van der Waals surface area contributed by atoms with Crippen LogP contribution in [0.5, 0.6) is 0 Å². The second-order valence-electron chi connectivity index (χ2n) is 5.05. The number of carbonyl (C=O) groups excluding carboxylic acids is 1. The van der Waals surface area contributed by atoms with E-state index in [-0.39, 0.29) is 11.3 Å². The molecule has 0 aromatic rings. The third-order valence-corrected chi connectivity index (χ3v) is 2.80. The molecule has 0 aromatic carbocycles. The minimum Gasteiger partial charge on any atom is -0.356 e. The molecule has 0 atom stereocenters. The molecule has 0 heterocycles. The Morgan fingerprint density at radius 3 is 2.38 bits per heavy atom. The molecule has 1 amide bonds. The molecule has 0 radical (unpaired) electrons. The first-order valence-electron chi connectivity index (χ1n) is 6.18. The van der Waals surface area contributed by atoms with E-state index < -0.39 is 0 Å². The largest absolute Gasteiger partial charge is 0.356 e. The molecule has 4 heteroatoms. The molecule has 16 heavy (non-hydrogen) atoms. The Morgan fingerprint density at radius 2 is 1.81 bits per heavy atom. The van der Waals surface area contributed by atoms with Crippen LogP contribution >= 0.6 is 0 Å². The molecular formula is C12H27N3O. The molecule has 0 saturated heterocycles. The molecular weight excluding hydrogens is 202 g/mol. The van der Waals surface area contributed by atoms with E-state index in [1.54, 1.807) is 0 Å². The van der Waals surface area contributed by atoms with Gasteiger partial charge in [0.1, 0.15) is 0 Å². The van der Waals surface area contributed by atoms with E-state index in [9.17, 15) is 4.79 Å². The number of hydrogen-bond acceptors (Lipinski definition) is 3. The second kappa shape index (κ2) is 8.53. The molecule has 0 spiro atoms. The van der Waals surface area contributed by atoms with Crippen LogP contribution in [0.4, 0.5) is 0 Å². The summed E-state index contributed by atoms with van der Waals surface area (Å²) >= 11 is 0. The van der Waals surface area contributed by atoms with Crippen LogP contribution in [-0.2, 0) is 4.79 Å². The maximum Gasteiger partial charge on any atom is 0.220 e. The Balaban J connectivity index is 3.56. The van der Waals surface area contributed by atoms with E-state index in [2.05, 4.69) is 19.2 Å². The van der Waals surface area contributed by atoms with Gasteiger partial charge in [0.15, 0.2) is 0 Å². The number of carbonyl (C=O) groups is 1. The summed E-state index contributed by atoms with van der Waals surface area (Å²) in [6.45, 7) is 6.43. The number of amides is 1. The summed E-state index contributed by atoms with van der Waals surface area (Å²) < 4.78 is 0. The summed E-state index contributed by atoms with van der Waals surface area (Å²) in [6.07, 6.45) is 4.39. The zero-order valence-corrected chi connectivity index (χ0v) is 10.7. The van der Waals surface area contributed by atoms with E-state index in [0.29, 0.717) is 19.5 Å². The Labute approximate surface area is 99.1 Å². The van der Waals surface area contributed by atoms with Gasteiger partial charge in [0.25, 0.3) is 0 Å². The SMILES string of the molecule is CC(C)(CCN)CCC(=O)NCCCCN. The summed E-state index contributed by atoms with van der Waals surface area (Å²) in [5, 5.41) is 2.91. The van der Waals surface area contributed by atoms with Crippen molar-refractivity contribution in [2.24, 2.45) is 16.9 Å². The van der Waals surface area contributed by atoms with Crippen molar-refractivity contribution in [3.63, 3.8) is 0 Å². The van der Waals surface area contributed by atoms with Gasteiger partial charge >= 0.3 is 0 Å². The van der Waals surface area contributed by atoms with Gasteiger partial charge in [-0.15, -0.1) is 0 Å². The third kappa shape index (κ3) is 8.68. The molecule has 96 valence electrons. The quantitative estimate of drug-likeness (QED) is 0.516. The highest BCUT2D eigenvalue weighted by Gasteiger charge is 2.17. The Kier molecular flexibility index (Phi) is 8.21. The zero-order chi connectivity index (χ0) is 12.4. The van der Waals surface area contributed by atoms with Crippen LogP contribution in [0.15, 0.2) is 0 Å². The number of nitrogens with one attached hydrogen (secondary N) is 1. The molecule has 5 N–H and O–H groups in total. The fourth-order valence-corrected chi connectivity index (χ4v) is 1.55. The van der Waals surface area contributed by atoms with Gasteiger partial charge in [-0.1, -0.05) is 13.8 Å². The van der Waals surface area contributed by atoms with Gasteiger partial charge in [-0.05, 0) is 44.2 Å². The van der Waals surface area contributed by atoms with Crippen LogP contribution in [0.1, 0.15) is 46.0 Å². The Hall–Kier alpha value is -0.610. The van der Waals surface area contributed by atoms with E-state index in [4.69, 9.17) is 11.5 Å². The smallest absolute Gasteiger partial charge is 0.220 e. The fraction of sp³-hybridized carbons (Fsp3) is 0.917. The lowest BCUT2D eigenvalue weighted by Crippen LogP contribution is -2.27. The van der Waals surface area contributed by atoms with E-state index >= 15 is 0 Å². The predicted molar refractivity (Wildman–Crippen MR) is 68.0 cm³/mol. The fourth-order valence-electron chi connectivity index (χ4n) is 1.55. The second-order valence-corrected chi connectivity index (χ2v) is 5.05. The normalized spacial score (nSPS) is 11.5. The average Bonchev–Trinajstić information content (AvgIpc) is 2.22. The van der Waals surface area contributed by atoms with Gasteiger partial charge in [0, 0.05) is 13.0 Å². The van der Waals surface area contributed by atoms with Crippen molar-refractivity contribution in [2.45, 2.75) is 46.0 Å². The average molecular weight is 229 g/mol. The topological polar surface area (TPSA) is 81.1 Å². The Bertz CT molecular complexity index is 193. The summed E-state index contributed by atoms with van der Waals surface area (Å²) in [5.41, 5.74) is 11.1. The van der Waals surface area contributed by atoms with Gasteiger partial charge in [0.2, 0.25) is 5.91 Å². The van der Waals surface area contributed by atoms with Crippen molar-refractivity contribution < 1.29 is 4.79 Å². The van der Waals surface area contributed by atoms with Gasteiger partial charge < -0.3 is 16.8 Å². The van der Waals surface area contributed by atoms with Crippen LogP contribution in [0.25, 0.3) is 0 Å². The van der Waals surface area contributed by atoms with Crippen molar-refractivity contribution in [1.82, 2.24) is 5.32 Å². The van der Waals surface area contributed by atoms with Gasteiger partial charge in [0.05, 0.1) is 0 Å². The monoisotopic (exact) mass is 229 g/mol. The first-order valence-corrected chi connectivity index (χ1v) is 6.18. The maximum atomic E-state index is 11.5. The molecule has 0 aromatic heterocycles. The van der Waals surface area contributed by atoms with Gasteiger partial charge in [-0.3, -0.25) is 4.79 Å². The highest BCUT2D eigenvalue weighted by molar-refractivity contribution is 5.75. The maximum absolute atomic E-state index is 11.5. The summed E-state index contributed by atoms with van der Waals surface area (Å²) in [7, 11) is 0. The zero-order valence-electron chi connectivity index (χ0n) is 10.7. The number of hydrogen-bond donors (Lipinski definition) is 3. The highest BCUT2D eigenvalue weighted by Crippen LogP contribution is 2.25.